The molecular formula is C17H19NO5S3. The Morgan fingerprint density at radius 3 is 2.73 bits per heavy atom. The highest BCUT2D eigenvalue weighted by Crippen LogP contribution is 2.37. The Kier molecular flexibility index (Phi) is 7.36. The molecule has 0 aliphatic carbocycles. The van der Waals surface area contributed by atoms with Crippen LogP contribution in [0.3, 0.4) is 0 Å². The third kappa shape index (κ3) is 4.52. The molecule has 1 fully saturated rings. The van der Waals surface area contributed by atoms with Gasteiger partial charge in [0.25, 0.3) is 5.91 Å². The van der Waals surface area contributed by atoms with Crippen molar-refractivity contribution in [1.29, 1.82) is 0 Å². The summed E-state index contributed by atoms with van der Waals surface area (Å²) >= 11 is 7.88. The number of ether oxygens (including phenoxy) is 2. The SMILES string of the molecule is COc1ccc(OC)c(/C=C2\SC(=S)N([C@H](CCSC)C(=O)O)C2=O)c1. The average molecular weight is 414 g/mol. The number of rotatable bonds is 8. The first kappa shape index (κ1) is 20.6. The van der Waals surface area contributed by atoms with Crippen LogP contribution >= 0.6 is 35.7 Å². The van der Waals surface area contributed by atoms with Gasteiger partial charge in [-0.25, -0.2) is 4.79 Å². The largest absolute Gasteiger partial charge is 0.497 e. The van der Waals surface area contributed by atoms with Crippen LogP contribution in [0.5, 0.6) is 11.5 Å². The van der Waals surface area contributed by atoms with E-state index in [4.69, 9.17) is 21.7 Å². The number of carboxylic acids is 1. The molecule has 1 aliphatic heterocycles. The lowest BCUT2D eigenvalue weighted by Gasteiger charge is -2.22. The Hall–Kier alpha value is -1.71. The number of hydrogen-bond acceptors (Lipinski definition) is 7. The summed E-state index contributed by atoms with van der Waals surface area (Å²) < 4.78 is 10.8. The van der Waals surface area contributed by atoms with Crippen molar-refractivity contribution in [2.24, 2.45) is 0 Å². The molecule has 0 spiro atoms. The van der Waals surface area contributed by atoms with E-state index in [1.54, 1.807) is 31.4 Å². The van der Waals surface area contributed by atoms with E-state index in [2.05, 4.69) is 0 Å². The van der Waals surface area contributed by atoms with Gasteiger partial charge in [0.05, 0.1) is 19.1 Å². The summed E-state index contributed by atoms with van der Waals surface area (Å²) in [6.45, 7) is 0. The van der Waals surface area contributed by atoms with Gasteiger partial charge in [-0.15, -0.1) is 0 Å². The zero-order chi connectivity index (χ0) is 19.3. The maximum absolute atomic E-state index is 12.8. The lowest BCUT2D eigenvalue weighted by Crippen LogP contribution is -2.44. The monoisotopic (exact) mass is 413 g/mol. The van der Waals surface area contributed by atoms with Crippen LogP contribution in [0, 0.1) is 0 Å². The number of carbonyl (C=O) groups excluding carboxylic acids is 1. The van der Waals surface area contributed by atoms with Crippen LogP contribution in [0.4, 0.5) is 0 Å². The van der Waals surface area contributed by atoms with E-state index < -0.39 is 17.9 Å². The third-order valence-corrected chi connectivity index (χ3v) is 5.71. The Morgan fingerprint density at radius 2 is 2.15 bits per heavy atom. The first-order chi connectivity index (χ1) is 12.4. The molecule has 0 unspecified atom stereocenters. The normalized spacial score (nSPS) is 16.9. The topological polar surface area (TPSA) is 76.1 Å². The second-order valence-electron chi connectivity index (χ2n) is 5.30. The molecule has 26 heavy (non-hydrogen) atoms. The summed E-state index contributed by atoms with van der Waals surface area (Å²) in [6.07, 6.45) is 3.87. The van der Waals surface area contributed by atoms with Gasteiger partial charge >= 0.3 is 5.97 Å². The molecule has 1 heterocycles. The Balaban J connectivity index is 2.36. The molecule has 1 N–H and O–H groups in total. The van der Waals surface area contributed by atoms with Crippen molar-refractivity contribution in [1.82, 2.24) is 4.90 Å². The lowest BCUT2D eigenvalue weighted by molar-refractivity contribution is -0.145. The van der Waals surface area contributed by atoms with Crippen molar-refractivity contribution in [2.45, 2.75) is 12.5 Å². The molecule has 1 amide bonds. The molecule has 0 bridgehead atoms. The van der Waals surface area contributed by atoms with E-state index >= 15 is 0 Å². The summed E-state index contributed by atoms with van der Waals surface area (Å²) in [6, 6.07) is 4.27. The van der Waals surface area contributed by atoms with E-state index in [-0.39, 0.29) is 4.32 Å². The quantitative estimate of drug-likeness (QED) is 0.515. The number of amides is 1. The fraction of sp³-hybridized carbons (Fsp3) is 0.353. The van der Waals surface area contributed by atoms with Crippen LogP contribution in [0.25, 0.3) is 6.08 Å². The van der Waals surface area contributed by atoms with Gasteiger partial charge in [-0.2, -0.15) is 11.8 Å². The molecular weight excluding hydrogens is 394 g/mol. The number of methoxy groups -OCH3 is 2. The minimum atomic E-state index is -1.06. The van der Waals surface area contributed by atoms with Crippen LogP contribution in [-0.2, 0) is 9.59 Å². The molecule has 1 aliphatic rings. The van der Waals surface area contributed by atoms with Gasteiger partial charge in [0.15, 0.2) is 0 Å². The number of thiocarbonyl (C=S) groups is 1. The minimum absolute atomic E-state index is 0.247. The summed E-state index contributed by atoms with van der Waals surface area (Å²) in [5.41, 5.74) is 0.656. The fourth-order valence-electron chi connectivity index (χ4n) is 2.43. The zero-order valence-corrected chi connectivity index (χ0v) is 17.0. The first-order valence-corrected chi connectivity index (χ1v) is 10.3. The maximum Gasteiger partial charge on any atom is 0.326 e. The average Bonchev–Trinajstić information content (AvgIpc) is 2.89. The smallest absolute Gasteiger partial charge is 0.326 e. The van der Waals surface area contributed by atoms with E-state index in [1.165, 1.54) is 23.8 Å². The van der Waals surface area contributed by atoms with Gasteiger partial charge in [-0.3, -0.25) is 9.69 Å². The molecule has 140 valence electrons. The predicted molar refractivity (Wildman–Crippen MR) is 109 cm³/mol. The Labute approximate surface area is 165 Å². The van der Waals surface area contributed by atoms with Gasteiger partial charge in [0.2, 0.25) is 0 Å². The molecule has 1 aromatic carbocycles. The predicted octanol–water partition coefficient (Wildman–Crippen LogP) is 3.11. The number of benzene rings is 1. The van der Waals surface area contributed by atoms with Gasteiger partial charge in [0, 0.05) is 5.56 Å². The molecule has 1 atom stereocenters. The van der Waals surface area contributed by atoms with Crippen LogP contribution < -0.4 is 9.47 Å². The van der Waals surface area contributed by atoms with E-state index in [0.29, 0.717) is 34.1 Å². The van der Waals surface area contributed by atoms with E-state index in [1.807, 2.05) is 6.26 Å². The van der Waals surface area contributed by atoms with Gasteiger partial charge < -0.3 is 14.6 Å². The van der Waals surface area contributed by atoms with Gasteiger partial charge in [0.1, 0.15) is 21.9 Å². The lowest BCUT2D eigenvalue weighted by atomic mass is 10.1. The number of carboxylic acid groups (broad SMARTS) is 1. The van der Waals surface area contributed by atoms with Crippen molar-refractivity contribution in [3.05, 3.63) is 28.7 Å². The zero-order valence-electron chi connectivity index (χ0n) is 14.6. The molecule has 6 nitrogen and oxygen atoms in total. The molecule has 2 rings (SSSR count). The standard InChI is InChI=1S/C17H19NO5S3/c1-22-11-4-5-13(23-2)10(8-11)9-14-15(19)18(17(24)26-14)12(16(20)21)6-7-25-3/h4-5,8-9,12H,6-7H2,1-3H3,(H,20,21)/b14-9-/t12-/m1/s1. The molecule has 0 aromatic heterocycles. The van der Waals surface area contributed by atoms with E-state index in [0.717, 1.165) is 11.8 Å². The fourth-order valence-corrected chi connectivity index (χ4v) is 4.24. The van der Waals surface area contributed by atoms with Gasteiger partial charge in [-0.05, 0) is 42.7 Å². The molecule has 0 saturated carbocycles. The van der Waals surface area contributed by atoms with Crippen molar-refractivity contribution in [2.75, 3.05) is 26.2 Å². The van der Waals surface area contributed by atoms with Crippen LogP contribution in [-0.4, -0.2) is 58.5 Å². The summed E-state index contributed by atoms with van der Waals surface area (Å²) in [5, 5.41) is 9.49. The van der Waals surface area contributed by atoms with Gasteiger partial charge in [-0.1, -0.05) is 24.0 Å². The number of carbonyl (C=O) groups is 2. The summed E-state index contributed by atoms with van der Waals surface area (Å²) in [5.74, 6) is 0.356. The van der Waals surface area contributed by atoms with E-state index in [9.17, 15) is 14.7 Å². The number of aliphatic carboxylic acids is 1. The highest BCUT2D eigenvalue weighted by atomic mass is 32.2. The van der Waals surface area contributed by atoms with Crippen LogP contribution in [0.2, 0.25) is 0 Å². The summed E-state index contributed by atoms with van der Waals surface area (Å²) in [4.78, 5) is 25.9. The van der Waals surface area contributed by atoms with Crippen LogP contribution in [0.1, 0.15) is 12.0 Å². The van der Waals surface area contributed by atoms with Crippen molar-refractivity contribution < 1.29 is 24.2 Å². The highest BCUT2D eigenvalue weighted by Gasteiger charge is 2.40. The number of nitrogens with zero attached hydrogens (tertiary/aromatic N) is 1. The van der Waals surface area contributed by atoms with Crippen LogP contribution in [0.15, 0.2) is 23.1 Å². The maximum atomic E-state index is 12.8. The van der Waals surface area contributed by atoms with Crippen molar-refractivity contribution >= 4 is 58.0 Å². The molecule has 0 radical (unpaired) electrons. The van der Waals surface area contributed by atoms with Crippen molar-refractivity contribution in [3.63, 3.8) is 0 Å². The molecule has 1 saturated heterocycles. The highest BCUT2D eigenvalue weighted by molar-refractivity contribution is 8.26. The second kappa shape index (κ2) is 9.29. The van der Waals surface area contributed by atoms with Crippen molar-refractivity contribution in [3.8, 4) is 11.5 Å². The Bertz CT molecular complexity index is 750. The first-order valence-electron chi connectivity index (χ1n) is 7.63. The minimum Gasteiger partial charge on any atom is -0.497 e. The number of hydrogen-bond donors (Lipinski definition) is 1. The molecule has 1 aromatic rings. The second-order valence-corrected chi connectivity index (χ2v) is 7.96. The number of thioether (sulfide) groups is 2. The summed E-state index contributed by atoms with van der Waals surface area (Å²) in [7, 11) is 3.08. The Morgan fingerprint density at radius 1 is 1.42 bits per heavy atom. The molecule has 9 heteroatoms. The third-order valence-electron chi connectivity index (χ3n) is 3.74.